The summed E-state index contributed by atoms with van der Waals surface area (Å²) in [4.78, 5) is 28.7. The molecule has 0 aliphatic carbocycles. The first kappa shape index (κ1) is 28.1. The summed E-state index contributed by atoms with van der Waals surface area (Å²) >= 11 is 6.22. The molecule has 0 spiro atoms. The number of hydrogen-bond acceptors (Lipinski definition) is 4. The fourth-order valence-corrected chi connectivity index (χ4v) is 4.06. The van der Waals surface area contributed by atoms with E-state index in [2.05, 4.69) is 19.2 Å². The number of hydrogen-bond donors (Lipinski definition) is 1. The number of para-hydroxylation sites is 1. The summed E-state index contributed by atoms with van der Waals surface area (Å²) in [5.74, 6) is 1.09. The molecule has 37 heavy (non-hydrogen) atoms. The molecule has 3 aromatic rings. The third-order valence-electron chi connectivity index (χ3n) is 5.99. The molecule has 0 heterocycles. The number of carbonyl (C=O) groups is 2. The van der Waals surface area contributed by atoms with Gasteiger partial charge in [0.1, 0.15) is 17.5 Å². The number of benzene rings is 3. The highest BCUT2D eigenvalue weighted by Crippen LogP contribution is 2.24. The lowest BCUT2D eigenvalue weighted by Crippen LogP contribution is -2.52. The number of nitrogens with one attached hydrogen (secondary N) is 1. The summed E-state index contributed by atoms with van der Waals surface area (Å²) in [6.45, 7) is 4.76. The van der Waals surface area contributed by atoms with E-state index in [-0.39, 0.29) is 25.0 Å². The highest BCUT2D eigenvalue weighted by Gasteiger charge is 2.30. The van der Waals surface area contributed by atoms with Gasteiger partial charge >= 0.3 is 0 Å². The molecule has 6 nitrogen and oxygen atoms in total. The van der Waals surface area contributed by atoms with E-state index >= 15 is 0 Å². The molecule has 1 unspecified atom stereocenters. The molecular weight excluding hydrogens is 488 g/mol. The molecule has 3 rings (SSSR count). The second-order valence-corrected chi connectivity index (χ2v) is 9.68. The van der Waals surface area contributed by atoms with Crippen molar-refractivity contribution in [3.63, 3.8) is 0 Å². The van der Waals surface area contributed by atoms with Crippen LogP contribution in [0, 0.1) is 5.92 Å². The van der Waals surface area contributed by atoms with Crippen LogP contribution in [0.1, 0.15) is 31.4 Å². The Labute approximate surface area is 224 Å². The van der Waals surface area contributed by atoms with Gasteiger partial charge in [0.2, 0.25) is 5.91 Å². The highest BCUT2D eigenvalue weighted by molar-refractivity contribution is 6.32. The molecular formula is C30H35ClN2O4. The molecule has 0 aliphatic heterocycles. The molecule has 0 saturated heterocycles. The second-order valence-electron chi connectivity index (χ2n) is 9.27. The van der Waals surface area contributed by atoms with Crippen molar-refractivity contribution in [2.24, 2.45) is 5.92 Å². The van der Waals surface area contributed by atoms with Crippen molar-refractivity contribution >= 4 is 23.4 Å². The Morgan fingerprint density at radius 1 is 0.919 bits per heavy atom. The van der Waals surface area contributed by atoms with Gasteiger partial charge in [-0.3, -0.25) is 9.59 Å². The number of ether oxygens (including phenoxy) is 2. The van der Waals surface area contributed by atoms with Gasteiger partial charge in [-0.05, 0) is 47.7 Å². The van der Waals surface area contributed by atoms with Gasteiger partial charge in [-0.1, -0.05) is 80.0 Å². The Balaban J connectivity index is 1.89. The maximum Gasteiger partial charge on any atom is 0.261 e. The number of nitrogens with zero attached hydrogens (tertiary/aromatic N) is 1. The first-order chi connectivity index (χ1) is 17.9. The Bertz CT molecular complexity index is 1140. The Morgan fingerprint density at radius 3 is 2.24 bits per heavy atom. The monoisotopic (exact) mass is 522 g/mol. The van der Waals surface area contributed by atoms with Crippen LogP contribution in [0.5, 0.6) is 11.5 Å². The topological polar surface area (TPSA) is 67.9 Å². The predicted octanol–water partition coefficient (Wildman–Crippen LogP) is 5.53. The van der Waals surface area contributed by atoms with Gasteiger partial charge in [0, 0.05) is 19.5 Å². The molecule has 0 aromatic heterocycles. The summed E-state index contributed by atoms with van der Waals surface area (Å²) in [6.07, 6.45) is 1.23. The molecule has 0 saturated carbocycles. The number of carbonyl (C=O) groups excluding carboxylic acids is 2. The van der Waals surface area contributed by atoms with Crippen molar-refractivity contribution in [1.82, 2.24) is 10.2 Å². The standard InChI is InChI=1S/C30H35ClN2O4/c1-22(2)17-18-32-30(35)27(19-23-9-5-4-6-10-23)33(20-24-13-15-25(36-3)16-14-24)29(34)21-37-28-12-8-7-11-26(28)31/h4-16,22,27H,17-21H2,1-3H3,(H,32,35). The average molecular weight is 523 g/mol. The summed E-state index contributed by atoms with van der Waals surface area (Å²) in [7, 11) is 1.61. The normalized spacial score (nSPS) is 11.6. The third kappa shape index (κ3) is 8.83. The van der Waals surface area contributed by atoms with E-state index in [9.17, 15) is 9.59 Å². The van der Waals surface area contributed by atoms with Crippen LogP contribution in [0.2, 0.25) is 5.02 Å². The Morgan fingerprint density at radius 2 is 1.59 bits per heavy atom. The van der Waals surface area contributed by atoms with Crippen molar-refractivity contribution in [2.75, 3.05) is 20.3 Å². The highest BCUT2D eigenvalue weighted by atomic mass is 35.5. The number of halogens is 1. The van der Waals surface area contributed by atoms with Crippen LogP contribution in [0.3, 0.4) is 0 Å². The summed E-state index contributed by atoms with van der Waals surface area (Å²) in [5.41, 5.74) is 1.84. The van der Waals surface area contributed by atoms with Gasteiger partial charge in [-0.25, -0.2) is 0 Å². The van der Waals surface area contributed by atoms with Crippen LogP contribution < -0.4 is 14.8 Å². The lowest BCUT2D eigenvalue weighted by atomic mass is 10.0. The SMILES string of the molecule is COc1ccc(CN(C(=O)COc2ccccc2Cl)C(Cc2ccccc2)C(=O)NCCC(C)C)cc1. The van der Waals surface area contributed by atoms with E-state index < -0.39 is 6.04 Å². The largest absolute Gasteiger partial charge is 0.497 e. The van der Waals surface area contributed by atoms with Crippen LogP contribution in [0.15, 0.2) is 78.9 Å². The van der Waals surface area contributed by atoms with Gasteiger partial charge in [-0.2, -0.15) is 0 Å². The van der Waals surface area contributed by atoms with Gasteiger partial charge in [0.25, 0.3) is 5.91 Å². The minimum atomic E-state index is -0.723. The molecule has 0 radical (unpaired) electrons. The van der Waals surface area contributed by atoms with Crippen molar-refractivity contribution in [2.45, 2.75) is 39.3 Å². The lowest BCUT2D eigenvalue weighted by molar-refractivity contribution is -0.142. The number of rotatable bonds is 13. The van der Waals surface area contributed by atoms with Crippen LogP contribution in [0.4, 0.5) is 0 Å². The molecule has 0 fully saturated rings. The molecule has 3 aromatic carbocycles. The maximum atomic E-state index is 13.6. The number of amides is 2. The maximum absolute atomic E-state index is 13.6. The average Bonchev–Trinajstić information content (AvgIpc) is 2.90. The van der Waals surface area contributed by atoms with E-state index in [1.165, 1.54) is 0 Å². The van der Waals surface area contributed by atoms with Gasteiger partial charge in [0.05, 0.1) is 12.1 Å². The first-order valence-electron chi connectivity index (χ1n) is 12.5. The van der Waals surface area contributed by atoms with Gasteiger partial charge in [-0.15, -0.1) is 0 Å². The van der Waals surface area contributed by atoms with Crippen LogP contribution in [-0.2, 0) is 22.6 Å². The molecule has 1 N–H and O–H groups in total. The summed E-state index contributed by atoms with van der Waals surface area (Å²) in [5, 5.41) is 3.46. The second kappa shape index (κ2) is 14.3. The molecule has 1 atom stereocenters. The lowest BCUT2D eigenvalue weighted by Gasteiger charge is -2.31. The van der Waals surface area contributed by atoms with Crippen LogP contribution in [-0.4, -0.2) is 43.0 Å². The Hall–Kier alpha value is -3.51. The third-order valence-corrected chi connectivity index (χ3v) is 6.30. The predicted molar refractivity (Wildman–Crippen MR) is 147 cm³/mol. The van der Waals surface area contributed by atoms with Crippen molar-refractivity contribution in [3.05, 3.63) is 95.0 Å². The molecule has 0 aliphatic rings. The van der Waals surface area contributed by atoms with Crippen LogP contribution in [0.25, 0.3) is 0 Å². The zero-order valence-corrected chi connectivity index (χ0v) is 22.4. The molecule has 7 heteroatoms. The zero-order chi connectivity index (χ0) is 26.6. The van der Waals surface area contributed by atoms with E-state index in [1.807, 2.05) is 54.6 Å². The molecule has 0 bridgehead atoms. The first-order valence-corrected chi connectivity index (χ1v) is 12.9. The molecule has 196 valence electrons. The minimum Gasteiger partial charge on any atom is -0.497 e. The van der Waals surface area contributed by atoms with Gasteiger partial charge < -0.3 is 19.7 Å². The van der Waals surface area contributed by atoms with E-state index in [0.717, 1.165) is 23.3 Å². The van der Waals surface area contributed by atoms with E-state index in [1.54, 1.807) is 36.3 Å². The van der Waals surface area contributed by atoms with Crippen molar-refractivity contribution in [1.29, 1.82) is 0 Å². The molecule has 2 amide bonds. The fourth-order valence-electron chi connectivity index (χ4n) is 3.87. The summed E-state index contributed by atoms with van der Waals surface area (Å²) in [6, 6.07) is 23.5. The van der Waals surface area contributed by atoms with Crippen LogP contribution >= 0.6 is 11.6 Å². The quantitative estimate of drug-likeness (QED) is 0.320. The smallest absolute Gasteiger partial charge is 0.261 e. The van der Waals surface area contributed by atoms with Gasteiger partial charge in [0.15, 0.2) is 6.61 Å². The number of methoxy groups -OCH3 is 1. The Kier molecular flexibility index (Phi) is 10.8. The van der Waals surface area contributed by atoms with E-state index in [0.29, 0.717) is 29.7 Å². The van der Waals surface area contributed by atoms with Crippen molar-refractivity contribution in [3.8, 4) is 11.5 Å². The summed E-state index contributed by atoms with van der Waals surface area (Å²) < 4.78 is 11.0. The minimum absolute atomic E-state index is 0.191. The fraction of sp³-hybridized carbons (Fsp3) is 0.333. The van der Waals surface area contributed by atoms with E-state index in [4.69, 9.17) is 21.1 Å². The van der Waals surface area contributed by atoms with Crippen molar-refractivity contribution < 1.29 is 19.1 Å². The zero-order valence-electron chi connectivity index (χ0n) is 21.7.